The van der Waals surface area contributed by atoms with Crippen molar-refractivity contribution in [3.8, 4) is 0 Å². The predicted molar refractivity (Wildman–Crippen MR) is 77.9 cm³/mol. The number of nitrogens with zero attached hydrogens (tertiary/aromatic N) is 1. The second kappa shape index (κ2) is 6.23. The van der Waals surface area contributed by atoms with Gasteiger partial charge in [-0.3, -0.25) is 4.79 Å². The first kappa shape index (κ1) is 16.4. The smallest absolute Gasteiger partial charge is 0.226 e. The first-order valence-corrected chi connectivity index (χ1v) is 7.30. The molecule has 1 aliphatic rings. The first-order chi connectivity index (χ1) is 8.65. The lowest BCUT2D eigenvalue weighted by atomic mass is 9.77. The summed E-state index contributed by atoms with van der Waals surface area (Å²) in [5, 5.41) is 13.1. The number of nitrogens with one attached hydrogen (secondary N) is 1. The quantitative estimate of drug-likeness (QED) is 0.771. The van der Waals surface area contributed by atoms with E-state index < -0.39 is 5.60 Å². The van der Waals surface area contributed by atoms with Crippen LogP contribution in [-0.4, -0.2) is 48.7 Å². The maximum Gasteiger partial charge on any atom is 0.226 e. The molecule has 0 heterocycles. The van der Waals surface area contributed by atoms with Crippen molar-refractivity contribution in [1.29, 1.82) is 0 Å². The molecule has 0 radical (unpaired) electrons. The lowest BCUT2D eigenvalue weighted by molar-refractivity contribution is -0.133. The Bertz CT molecular complexity index is 305. The summed E-state index contributed by atoms with van der Waals surface area (Å²) in [5.41, 5.74) is -1.21. The van der Waals surface area contributed by atoms with Crippen LogP contribution in [-0.2, 0) is 4.79 Å². The van der Waals surface area contributed by atoms with Gasteiger partial charge in [0.05, 0.1) is 5.60 Å². The van der Waals surface area contributed by atoms with E-state index in [0.717, 1.165) is 12.8 Å². The van der Waals surface area contributed by atoms with Gasteiger partial charge in [0.1, 0.15) is 0 Å². The van der Waals surface area contributed by atoms with E-state index in [1.807, 2.05) is 32.8 Å². The van der Waals surface area contributed by atoms with E-state index in [0.29, 0.717) is 19.0 Å². The number of hydrogen-bond acceptors (Lipinski definition) is 3. The summed E-state index contributed by atoms with van der Waals surface area (Å²) in [6, 6.07) is 0. The van der Waals surface area contributed by atoms with Crippen molar-refractivity contribution in [2.75, 3.05) is 27.2 Å². The minimum Gasteiger partial charge on any atom is -0.387 e. The number of carbonyl (C=O) groups is 1. The Morgan fingerprint density at radius 1 is 1.26 bits per heavy atom. The van der Waals surface area contributed by atoms with Crippen molar-refractivity contribution in [2.24, 2.45) is 11.3 Å². The van der Waals surface area contributed by atoms with Crippen LogP contribution in [0.25, 0.3) is 0 Å². The Morgan fingerprint density at radius 2 is 1.79 bits per heavy atom. The van der Waals surface area contributed by atoms with Gasteiger partial charge in [-0.1, -0.05) is 26.7 Å². The highest BCUT2D eigenvalue weighted by molar-refractivity contribution is 5.82. The Labute approximate surface area is 117 Å². The van der Waals surface area contributed by atoms with Gasteiger partial charge in [-0.05, 0) is 39.8 Å². The van der Waals surface area contributed by atoms with Crippen molar-refractivity contribution < 1.29 is 9.90 Å². The SMILES string of the molecule is CN(C)CC(C)(O)CNC(=O)C(C)(C)C1CCCC1. The maximum atomic E-state index is 12.3. The molecule has 1 saturated carbocycles. The van der Waals surface area contributed by atoms with Crippen LogP contribution in [0.5, 0.6) is 0 Å². The lowest BCUT2D eigenvalue weighted by Gasteiger charge is -2.33. The van der Waals surface area contributed by atoms with Crippen molar-refractivity contribution in [2.45, 2.75) is 52.1 Å². The number of likely N-dealkylation sites (N-methyl/N-ethyl adjacent to an activating group) is 1. The molecule has 0 saturated heterocycles. The minimum atomic E-state index is -0.884. The predicted octanol–water partition coefficient (Wildman–Crippen LogP) is 1.63. The molecule has 1 unspecified atom stereocenters. The molecule has 1 amide bonds. The highest BCUT2D eigenvalue weighted by atomic mass is 16.3. The average Bonchev–Trinajstić information content (AvgIpc) is 2.77. The third-order valence-corrected chi connectivity index (χ3v) is 4.25. The average molecular weight is 270 g/mol. The molecule has 0 aromatic heterocycles. The van der Waals surface area contributed by atoms with Gasteiger partial charge in [0.15, 0.2) is 0 Å². The van der Waals surface area contributed by atoms with Crippen LogP contribution in [0.15, 0.2) is 0 Å². The molecule has 2 N–H and O–H groups in total. The lowest BCUT2D eigenvalue weighted by Crippen LogP contribution is -2.50. The van der Waals surface area contributed by atoms with Gasteiger partial charge >= 0.3 is 0 Å². The van der Waals surface area contributed by atoms with Crippen LogP contribution in [0.3, 0.4) is 0 Å². The fourth-order valence-electron chi connectivity index (χ4n) is 3.07. The molecule has 4 heteroatoms. The number of amides is 1. The minimum absolute atomic E-state index is 0.0680. The first-order valence-electron chi connectivity index (χ1n) is 7.30. The number of aliphatic hydroxyl groups is 1. The van der Waals surface area contributed by atoms with E-state index >= 15 is 0 Å². The normalized spacial score (nSPS) is 20.6. The van der Waals surface area contributed by atoms with Gasteiger partial charge < -0.3 is 15.3 Å². The Balaban J connectivity index is 2.50. The number of rotatable bonds is 6. The van der Waals surface area contributed by atoms with Crippen LogP contribution < -0.4 is 5.32 Å². The third-order valence-electron chi connectivity index (χ3n) is 4.25. The molecule has 1 fully saturated rings. The highest BCUT2D eigenvalue weighted by Crippen LogP contribution is 2.39. The van der Waals surface area contributed by atoms with Gasteiger partial charge in [-0.15, -0.1) is 0 Å². The molecule has 1 atom stereocenters. The van der Waals surface area contributed by atoms with Crippen molar-refractivity contribution in [1.82, 2.24) is 10.2 Å². The van der Waals surface area contributed by atoms with Crippen LogP contribution in [0.2, 0.25) is 0 Å². The van der Waals surface area contributed by atoms with Crippen LogP contribution in [0.1, 0.15) is 46.5 Å². The molecule has 0 spiro atoms. The van der Waals surface area contributed by atoms with E-state index in [1.165, 1.54) is 12.8 Å². The molecular weight excluding hydrogens is 240 g/mol. The Morgan fingerprint density at radius 3 is 2.26 bits per heavy atom. The van der Waals surface area contributed by atoms with E-state index in [4.69, 9.17) is 0 Å². The summed E-state index contributed by atoms with van der Waals surface area (Å²) in [7, 11) is 3.83. The second-order valence-corrected chi connectivity index (χ2v) is 7.12. The topological polar surface area (TPSA) is 52.6 Å². The molecule has 1 rings (SSSR count). The molecule has 0 aromatic carbocycles. The largest absolute Gasteiger partial charge is 0.387 e. The van der Waals surface area contributed by atoms with Gasteiger partial charge in [0, 0.05) is 18.5 Å². The zero-order valence-corrected chi connectivity index (χ0v) is 13.1. The zero-order chi connectivity index (χ0) is 14.7. The van der Waals surface area contributed by atoms with Crippen molar-refractivity contribution in [3.63, 3.8) is 0 Å². The highest BCUT2D eigenvalue weighted by Gasteiger charge is 2.38. The van der Waals surface area contributed by atoms with E-state index in [9.17, 15) is 9.90 Å². The fourth-order valence-corrected chi connectivity index (χ4v) is 3.07. The van der Waals surface area contributed by atoms with Gasteiger partial charge in [-0.25, -0.2) is 0 Å². The van der Waals surface area contributed by atoms with Crippen molar-refractivity contribution >= 4 is 5.91 Å². The van der Waals surface area contributed by atoms with Gasteiger partial charge in [-0.2, -0.15) is 0 Å². The summed E-state index contributed by atoms with van der Waals surface area (Å²) in [4.78, 5) is 14.3. The van der Waals surface area contributed by atoms with Crippen molar-refractivity contribution in [3.05, 3.63) is 0 Å². The number of carbonyl (C=O) groups excluding carboxylic acids is 1. The van der Waals surface area contributed by atoms with Crippen LogP contribution >= 0.6 is 0 Å². The Kier molecular flexibility index (Phi) is 5.39. The molecule has 1 aliphatic carbocycles. The monoisotopic (exact) mass is 270 g/mol. The van der Waals surface area contributed by atoms with Gasteiger partial charge in [0.2, 0.25) is 5.91 Å². The standard InChI is InChI=1S/C15H30N2O2/c1-14(2,12-8-6-7-9-12)13(18)16-10-15(3,19)11-17(4)5/h12,19H,6-11H2,1-5H3,(H,16,18). The molecule has 0 aliphatic heterocycles. The fraction of sp³-hybridized carbons (Fsp3) is 0.933. The summed E-state index contributed by atoms with van der Waals surface area (Å²) in [5.74, 6) is 0.546. The molecular formula is C15H30N2O2. The van der Waals surface area contributed by atoms with Crippen LogP contribution in [0.4, 0.5) is 0 Å². The summed E-state index contributed by atoms with van der Waals surface area (Å²) in [6.07, 6.45) is 4.77. The molecule has 0 bridgehead atoms. The molecule has 19 heavy (non-hydrogen) atoms. The zero-order valence-electron chi connectivity index (χ0n) is 13.1. The van der Waals surface area contributed by atoms with E-state index in [-0.39, 0.29) is 11.3 Å². The molecule has 112 valence electrons. The maximum absolute atomic E-state index is 12.3. The number of hydrogen-bond donors (Lipinski definition) is 2. The van der Waals surface area contributed by atoms with E-state index in [1.54, 1.807) is 6.92 Å². The van der Waals surface area contributed by atoms with Gasteiger partial charge in [0.25, 0.3) is 0 Å². The summed E-state index contributed by atoms with van der Waals surface area (Å²) < 4.78 is 0. The summed E-state index contributed by atoms with van der Waals surface area (Å²) >= 11 is 0. The molecule has 4 nitrogen and oxygen atoms in total. The Hall–Kier alpha value is -0.610. The van der Waals surface area contributed by atoms with Crippen LogP contribution in [0, 0.1) is 11.3 Å². The second-order valence-electron chi connectivity index (χ2n) is 7.12. The third kappa shape index (κ3) is 4.77. The van der Waals surface area contributed by atoms with E-state index in [2.05, 4.69) is 5.32 Å². The molecule has 0 aromatic rings. The summed E-state index contributed by atoms with van der Waals surface area (Å²) in [6.45, 7) is 6.66.